The number of nitrogens with zero attached hydrogens (tertiary/aromatic N) is 2. The van der Waals surface area contributed by atoms with E-state index in [2.05, 4.69) is 72.3 Å². The van der Waals surface area contributed by atoms with Crippen LogP contribution in [0.5, 0.6) is 0 Å². The van der Waals surface area contributed by atoms with Gasteiger partial charge >= 0.3 is 27.4 Å². The molecule has 25 heteroatoms. The van der Waals surface area contributed by atoms with Gasteiger partial charge < -0.3 is 32.5 Å². The van der Waals surface area contributed by atoms with Crippen LogP contribution in [0, 0.1) is 6.92 Å². The number of rotatable bonds is 18. The molecule has 0 saturated carbocycles. The van der Waals surface area contributed by atoms with Gasteiger partial charge in [-0.25, -0.2) is 14.2 Å². The lowest BCUT2D eigenvalue weighted by atomic mass is 9.89. The molecule has 5 heterocycles. The summed E-state index contributed by atoms with van der Waals surface area (Å²) in [6.07, 6.45) is -4.67. The van der Waals surface area contributed by atoms with Gasteiger partial charge in [-0.05, 0) is 55.9 Å². The first-order chi connectivity index (χ1) is 39.4. The summed E-state index contributed by atoms with van der Waals surface area (Å²) in [6.45, 7) is 23.0. The van der Waals surface area contributed by atoms with E-state index in [1.807, 2.05) is 134 Å². The Morgan fingerprint density at radius 1 is 0.702 bits per heavy atom. The fraction of sp³-hybridized carbons (Fsp3) is 0.458. The number of ether oxygens (including phenoxy) is 2. The first kappa shape index (κ1) is 63.6. The summed E-state index contributed by atoms with van der Waals surface area (Å²) < 4.78 is 77.3. The number of nitrogens with one attached hydrogen (secondary N) is 2. The Labute approximate surface area is 493 Å². The molecule has 2 aromatic heterocycles. The summed E-state index contributed by atoms with van der Waals surface area (Å²) in [4.78, 5) is 85.2. The van der Waals surface area contributed by atoms with E-state index in [9.17, 15) is 28.6 Å². The monoisotopic (exact) mass is 1240 g/mol. The van der Waals surface area contributed by atoms with Gasteiger partial charge in [0.05, 0.1) is 19.3 Å². The second kappa shape index (κ2) is 24.0. The van der Waals surface area contributed by atoms with E-state index in [0.717, 1.165) is 20.7 Å². The van der Waals surface area contributed by atoms with E-state index in [0.29, 0.717) is 0 Å². The number of aromatic nitrogens is 4. The van der Waals surface area contributed by atoms with Crippen LogP contribution in [0.25, 0.3) is 0 Å². The molecule has 0 amide bonds. The van der Waals surface area contributed by atoms with E-state index in [1.54, 1.807) is 6.92 Å². The Kier molecular flexibility index (Phi) is 18.2. The Morgan fingerprint density at radius 3 is 1.69 bits per heavy atom. The van der Waals surface area contributed by atoms with Crippen molar-refractivity contribution in [3.05, 3.63) is 187 Å². The second-order valence-electron chi connectivity index (χ2n) is 25.4. The minimum atomic E-state index is -5.58. The topological polar surface area (TPSA) is 253 Å². The molecule has 9 atom stereocenters. The average molecular weight is 1250 g/mol. The molecule has 0 aliphatic carbocycles. The number of hydrogen-bond acceptors (Lipinski definition) is 15. The normalized spacial score (nSPS) is 25.2. The third-order valence-electron chi connectivity index (χ3n) is 16.8. The number of benzene rings is 4. The molecular weight excluding hydrogens is 1170 g/mol. The van der Waals surface area contributed by atoms with E-state index in [-0.39, 0.29) is 30.1 Å². The molecule has 452 valence electrons. The van der Waals surface area contributed by atoms with Gasteiger partial charge in [-0.3, -0.25) is 33.2 Å². The standard InChI is InChI=1S/C59H78N4O16P2Si3/c1-41-38-63(55(67)61-52(41)65)50-37-46(76-83(57(5,6)7,42-25-17-13-18-26-42)43-27-19-14-20-28-43)47(74-50)39-72-80(68,69)79-81(70)71-36-34-59(78-81)48(40-73-82(11,12)56(2,3)4)75-53(62-35-33-49(64)60-54(62)66)51(59)77-84(58(8,9)10,44-29-21-15-22-30-44)45-31-23-16-24-32-45/h13-33,35,38,46-48,50-51,53H,34,36-37,39-40H2,1-12H3,(H,68,69)(H,60,64,66)(H,61,65,67)/t46-,47+,48+,50+,51-,53+,59-,81?/m0/s1. The Hall–Kier alpha value is -4.89. The molecule has 1 spiro atoms. The number of hydrogen-bond donors (Lipinski definition) is 3. The van der Waals surface area contributed by atoms with Crippen molar-refractivity contribution in [1.29, 1.82) is 0 Å². The molecule has 6 aromatic rings. The molecule has 0 bridgehead atoms. The van der Waals surface area contributed by atoms with Gasteiger partial charge in [-0.1, -0.05) is 188 Å². The Balaban J connectivity index is 1.12. The zero-order valence-corrected chi connectivity index (χ0v) is 54.4. The van der Waals surface area contributed by atoms with Gasteiger partial charge in [0, 0.05) is 36.9 Å². The van der Waals surface area contributed by atoms with Crippen LogP contribution in [0.1, 0.15) is 93.2 Å². The third kappa shape index (κ3) is 12.5. The number of aromatic amines is 2. The van der Waals surface area contributed by atoms with Crippen molar-refractivity contribution in [3.63, 3.8) is 0 Å². The highest BCUT2D eigenvalue weighted by Gasteiger charge is 2.70. The van der Waals surface area contributed by atoms with Crippen molar-refractivity contribution in [2.45, 2.75) is 153 Å². The van der Waals surface area contributed by atoms with Gasteiger partial charge in [-0.15, -0.1) is 0 Å². The lowest BCUT2D eigenvalue weighted by molar-refractivity contribution is -0.273. The van der Waals surface area contributed by atoms with E-state index in [1.165, 1.54) is 27.6 Å². The average Bonchev–Trinajstić information content (AvgIpc) is 1.64. The molecular formula is C59H78N4O16P2Si3. The number of aryl methyl sites for hydroxylation is 1. The van der Waals surface area contributed by atoms with Crippen molar-refractivity contribution in [2.24, 2.45) is 0 Å². The van der Waals surface area contributed by atoms with Crippen LogP contribution < -0.4 is 48.1 Å². The van der Waals surface area contributed by atoms with Crippen LogP contribution in [-0.4, -0.2) is 98.8 Å². The molecule has 9 rings (SSSR count). The van der Waals surface area contributed by atoms with Crippen LogP contribution in [0.2, 0.25) is 28.2 Å². The zero-order valence-electron chi connectivity index (χ0n) is 49.6. The van der Waals surface area contributed by atoms with Crippen molar-refractivity contribution in [2.75, 3.05) is 19.8 Å². The van der Waals surface area contributed by atoms with Crippen LogP contribution in [0.3, 0.4) is 0 Å². The quantitative estimate of drug-likeness (QED) is 0.0588. The minimum Gasteiger partial charge on any atom is -0.605 e. The lowest BCUT2D eigenvalue weighted by Crippen LogP contribution is -2.70. The Bertz CT molecular complexity index is 3480. The van der Waals surface area contributed by atoms with E-state index < -0.39 is 129 Å². The van der Waals surface area contributed by atoms with E-state index >= 15 is 4.89 Å². The van der Waals surface area contributed by atoms with Crippen molar-refractivity contribution in [1.82, 2.24) is 19.1 Å². The summed E-state index contributed by atoms with van der Waals surface area (Å²) in [7, 11) is -20.7. The summed E-state index contributed by atoms with van der Waals surface area (Å²) in [5, 5.41) is 1.96. The van der Waals surface area contributed by atoms with Crippen LogP contribution >= 0.6 is 16.0 Å². The fourth-order valence-corrected chi connectivity index (χ4v) is 25.0. The van der Waals surface area contributed by atoms with Crippen molar-refractivity contribution >= 4 is 61.7 Å². The molecule has 2 unspecified atom stereocenters. The number of H-pyrrole nitrogens is 2. The molecule has 3 aliphatic rings. The Morgan fingerprint density at radius 2 is 1.20 bits per heavy atom. The maximum Gasteiger partial charge on any atom is 0.510 e. The predicted octanol–water partition coefficient (Wildman–Crippen LogP) is 6.84. The summed E-state index contributed by atoms with van der Waals surface area (Å²) >= 11 is 0. The van der Waals surface area contributed by atoms with E-state index in [4.69, 9.17) is 40.6 Å². The molecule has 4 aromatic carbocycles. The summed E-state index contributed by atoms with van der Waals surface area (Å²) in [5.74, 6) is 0. The summed E-state index contributed by atoms with van der Waals surface area (Å²) in [5.41, 5.74) is -4.53. The molecule has 0 radical (unpaired) electrons. The van der Waals surface area contributed by atoms with Gasteiger partial charge in [0.1, 0.15) is 31.1 Å². The number of phosphoric ester groups is 2. The largest absolute Gasteiger partial charge is 0.605 e. The molecule has 3 N–H and O–H groups in total. The second-order valence-corrected chi connectivity index (χ2v) is 41.9. The maximum absolute atomic E-state index is 15.7. The lowest BCUT2D eigenvalue weighted by Gasteiger charge is -2.49. The molecule has 3 saturated heterocycles. The van der Waals surface area contributed by atoms with Crippen molar-refractivity contribution < 1.29 is 55.0 Å². The molecule has 20 nitrogen and oxygen atoms in total. The minimum absolute atomic E-state index is 0.0261. The highest BCUT2D eigenvalue weighted by atomic mass is 31.3. The number of phosphoric acid groups is 2. The van der Waals surface area contributed by atoms with Gasteiger partial charge in [0.25, 0.3) is 27.8 Å². The molecule has 3 aliphatic heterocycles. The van der Waals surface area contributed by atoms with Gasteiger partial charge in [-0.2, -0.15) is 9.05 Å². The summed E-state index contributed by atoms with van der Waals surface area (Å²) in [6, 6.07) is 40.1. The highest BCUT2D eigenvalue weighted by molar-refractivity contribution is 7.64. The van der Waals surface area contributed by atoms with Crippen LogP contribution in [-0.2, 0) is 45.2 Å². The van der Waals surface area contributed by atoms with Crippen molar-refractivity contribution in [3.8, 4) is 0 Å². The van der Waals surface area contributed by atoms with Crippen LogP contribution in [0.4, 0.5) is 0 Å². The SMILES string of the molecule is Cc1cn([C@H]2C[C@H](O[Si](c3ccccc3)(c3ccccc3)C(C)(C)C)[C@@H](COP(=O)(O)O[P+]3([O-])OCC[C@]4(O3)[C@@H](CO[Si](C)(C)C(C)(C)C)O[C@@H](n3ccc(=O)[nH]c3=O)[C@@H]4O[Si](c3ccccc3)(c3ccccc3)C(C)(C)C)O2)c(=O)[nH]c1=O. The predicted molar refractivity (Wildman–Crippen MR) is 326 cm³/mol. The zero-order chi connectivity index (χ0) is 60.9. The van der Waals surface area contributed by atoms with Crippen LogP contribution in [0.15, 0.2) is 159 Å². The smallest absolute Gasteiger partial charge is 0.510 e. The molecule has 84 heavy (non-hydrogen) atoms. The molecule has 3 fully saturated rings. The first-order valence-corrected chi connectivity index (χ1v) is 37.8. The highest BCUT2D eigenvalue weighted by Crippen LogP contribution is 2.71. The first-order valence-electron chi connectivity index (χ1n) is 28.2. The van der Waals surface area contributed by atoms with Gasteiger partial charge in [0.2, 0.25) is 0 Å². The maximum atomic E-state index is 15.7. The fourth-order valence-electron chi connectivity index (χ4n) is 11.6. The third-order valence-corrected chi connectivity index (χ3v) is 34.6. The van der Waals surface area contributed by atoms with Gasteiger partial charge in [0.15, 0.2) is 20.1 Å².